The summed E-state index contributed by atoms with van der Waals surface area (Å²) < 4.78 is 1.21. The van der Waals surface area contributed by atoms with Crippen molar-refractivity contribution < 1.29 is 5.11 Å². The van der Waals surface area contributed by atoms with Crippen LogP contribution in [0.3, 0.4) is 0 Å². The van der Waals surface area contributed by atoms with Gasteiger partial charge < -0.3 is 5.11 Å². The minimum Gasteiger partial charge on any atom is -0.393 e. The zero-order chi connectivity index (χ0) is 14.9. The fourth-order valence-corrected chi connectivity index (χ4v) is 3.87. The first-order valence-corrected chi connectivity index (χ1v) is 8.75. The number of thioether (sulfide) groups is 2. The standard InChI is InChI=1S/C18H20OS2/c1-2-15(19)13-14-18(20-16-9-5-3-6-10-16)21-17-11-7-4-8-12-17/h3-12,14-15,19H,2,13H2,1H3/t15-/m0/s1. The zero-order valence-electron chi connectivity index (χ0n) is 12.1. The zero-order valence-corrected chi connectivity index (χ0v) is 13.7. The number of aliphatic hydroxyl groups is 1. The van der Waals surface area contributed by atoms with Gasteiger partial charge in [0.25, 0.3) is 0 Å². The highest BCUT2D eigenvalue weighted by Gasteiger charge is 2.05. The first-order chi connectivity index (χ1) is 10.3. The molecule has 0 aromatic heterocycles. The van der Waals surface area contributed by atoms with Gasteiger partial charge in [0.15, 0.2) is 0 Å². The predicted molar refractivity (Wildman–Crippen MR) is 93.6 cm³/mol. The van der Waals surface area contributed by atoms with Crippen LogP contribution in [0, 0.1) is 0 Å². The van der Waals surface area contributed by atoms with Crippen molar-refractivity contribution in [2.24, 2.45) is 0 Å². The maximum Gasteiger partial charge on any atom is 0.0572 e. The lowest BCUT2D eigenvalue weighted by atomic mass is 10.2. The molecule has 2 aromatic carbocycles. The third kappa shape index (κ3) is 6.00. The molecule has 1 nitrogen and oxygen atoms in total. The van der Waals surface area contributed by atoms with Gasteiger partial charge in [-0.25, -0.2) is 0 Å². The minimum atomic E-state index is -0.257. The molecule has 0 unspecified atom stereocenters. The van der Waals surface area contributed by atoms with E-state index < -0.39 is 0 Å². The van der Waals surface area contributed by atoms with Crippen molar-refractivity contribution in [1.82, 2.24) is 0 Å². The lowest BCUT2D eigenvalue weighted by Gasteiger charge is -2.09. The van der Waals surface area contributed by atoms with Gasteiger partial charge in [0.2, 0.25) is 0 Å². The Bertz CT molecular complexity index is 508. The molecule has 0 saturated heterocycles. The van der Waals surface area contributed by atoms with Gasteiger partial charge in [-0.3, -0.25) is 0 Å². The van der Waals surface area contributed by atoms with Crippen LogP contribution in [0.25, 0.3) is 0 Å². The van der Waals surface area contributed by atoms with Crippen LogP contribution in [0.2, 0.25) is 0 Å². The molecule has 3 heteroatoms. The van der Waals surface area contributed by atoms with Gasteiger partial charge in [-0.1, -0.05) is 72.9 Å². The van der Waals surface area contributed by atoms with E-state index in [4.69, 9.17) is 0 Å². The van der Waals surface area contributed by atoms with Crippen molar-refractivity contribution in [3.63, 3.8) is 0 Å². The molecule has 0 amide bonds. The molecule has 0 heterocycles. The van der Waals surface area contributed by atoms with Crippen molar-refractivity contribution in [2.45, 2.75) is 35.7 Å². The largest absolute Gasteiger partial charge is 0.393 e. The van der Waals surface area contributed by atoms with Crippen molar-refractivity contribution in [2.75, 3.05) is 0 Å². The Morgan fingerprint density at radius 3 is 1.86 bits per heavy atom. The first-order valence-electron chi connectivity index (χ1n) is 7.12. The van der Waals surface area contributed by atoms with Gasteiger partial charge in [-0.2, -0.15) is 0 Å². The van der Waals surface area contributed by atoms with Crippen LogP contribution >= 0.6 is 23.5 Å². The summed E-state index contributed by atoms with van der Waals surface area (Å²) >= 11 is 3.50. The van der Waals surface area contributed by atoms with E-state index in [1.165, 1.54) is 14.0 Å². The molecule has 0 fully saturated rings. The second kappa shape index (κ2) is 8.98. The van der Waals surface area contributed by atoms with E-state index in [9.17, 15) is 5.11 Å². The minimum absolute atomic E-state index is 0.257. The highest BCUT2D eigenvalue weighted by molar-refractivity contribution is 8.22. The molecule has 0 spiro atoms. The lowest BCUT2D eigenvalue weighted by molar-refractivity contribution is 0.174. The summed E-state index contributed by atoms with van der Waals surface area (Å²) in [6.07, 6.45) is 3.37. The van der Waals surface area contributed by atoms with E-state index >= 15 is 0 Å². The van der Waals surface area contributed by atoms with E-state index in [0.717, 1.165) is 6.42 Å². The van der Waals surface area contributed by atoms with Crippen LogP contribution in [0.4, 0.5) is 0 Å². The fraction of sp³-hybridized carbons (Fsp3) is 0.222. The van der Waals surface area contributed by atoms with Crippen molar-refractivity contribution in [3.8, 4) is 0 Å². The Morgan fingerprint density at radius 2 is 1.43 bits per heavy atom. The normalized spacial score (nSPS) is 11.9. The molecule has 0 aliphatic carbocycles. The number of hydrogen-bond acceptors (Lipinski definition) is 3. The van der Waals surface area contributed by atoms with Crippen LogP contribution in [-0.2, 0) is 0 Å². The highest BCUT2D eigenvalue weighted by atomic mass is 32.2. The fourth-order valence-electron chi connectivity index (χ4n) is 1.71. The monoisotopic (exact) mass is 316 g/mol. The molecular formula is C18H20OS2. The number of rotatable bonds is 7. The van der Waals surface area contributed by atoms with Gasteiger partial charge in [-0.15, -0.1) is 0 Å². The summed E-state index contributed by atoms with van der Waals surface area (Å²) in [6.45, 7) is 2.01. The molecule has 0 bridgehead atoms. The summed E-state index contributed by atoms with van der Waals surface area (Å²) in [5.74, 6) is 0. The Kier molecular flexibility index (Phi) is 6.93. The molecule has 21 heavy (non-hydrogen) atoms. The van der Waals surface area contributed by atoms with Crippen LogP contribution in [0.1, 0.15) is 19.8 Å². The Hall–Kier alpha value is -1.16. The third-order valence-corrected chi connectivity index (χ3v) is 5.20. The van der Waals surface area contributed by atoms with Crippen molar-refractivity contribution in [1.29, 1.82) is 0 Å². The predicted octanol–water partition coefficient (Wildman–Crippen LogP) is 5.57. The van der Waals surface area contributed by atoms with Crippen molar-refractivity contribution >= 4 is 23.5 Å². The molecular weight excluding hydrogens is 296 g/mol. The van der Waals surface area contributed by atoms with E-state index in [1.54, 1.807) is 23.5 Å². The quantitative estimate of drug-likeness (QED) is 0.674. The Balaban J connectivity index is 2.10. The maximum atomic E-state index is 9.78. The summed E-state index contributed by atoms with van der Waals surface area (Å²) in [4.78, 5) is 2.44. The second-order valence-corrected chi connectivity index (χ2v) is 7.14. The summed E-state index contributed by atoms with van der Waals surface area (Å²) in [5.41, 5.74) is 0. The second-order valence-electron chi connectivity index (χ2n) is 4.65. The molecule has 1 atom stereocenters. The first kappa shape index (κ1) is 16.2. The number of benzene rings is 2. The van der Waals surface area contributed by atoms with Gasteiger partial charge in [0.1, 0.15) is 0 Å². The smallest absolute Gasteiger partial charge is 0.0572 e. The van der Waals surface area contributed by atoms with Crippen molar-refractivity contribution in [3.05, 3.63) is 71.0 Å². The van der Waals surface area contributed by atoms with E-state index in [-0.39, 0.29) is 6.10 Å². The maximum absolute atomic E-state index is 9.78. The molecule has 0 radical (unpaired) electrons. The molecule has 0 saturated carbocycles. The summed E-state index contributed by atoms with van der Waals surface area (Å²) in [5, 5.41) is 9.78. The average molecular weight is 316 g/mol. The van der Waals surface area contributed by atoms with Gasteiger partial charge >= 0.3 is 0 Å². The average Bonchev–Trinajstić information content (AvgIpc) is 2.54. The lowest BCUT2D eigenvalue weighted by Crippen LogP contribution is -2.01. The number of aliphatic hydroxyl groups excluding tert-OH is 1. The SMILES string of the molecule is CC[C@H](O)CC=C(Sc1ccccc1)Sc1ccccc1. The van der Waals surface area contributed by atoms with E-state index in [2.05, 4.69) is 30.3 Å². The highest BCUT2D eigenvalue weighted by Crippen LogP contribution is 2.39. The molecule has 2 aromatic rings. The molecule has 110 valence electrons. The van der Waals surface area contributed by atoms with E-state index in [0.29, 0.717) is 6.42 Å². The summed E-state index contributed by atoms with van der Waals surface area (Å²) in [7, 11) is 0. The molecule has 0 aliphatic heterocycles. The van der Waals surface area contributed by atoms with Gasteiger partial charge in [0.05, 0.1) is 6.10 Å². The van der Waals surface area contributed by atoms with Gasteiger partial charge in [0, 0.05) is 14.0 Å². The summed E-state index contributed by atoms with van der Waals surface area (Å²) in [6, 6.07) is 20.7. The van der Waals surface area contributed by atoms with Gasteiger partial charge in [-0.05, 0) is 37.1 Å². The van der Waals surface area contributed by atoms with E-state index in [1.807, 2.05) is 43.3 Å². The van der Waals surface area contributed by atoms with Crippen LogP contribution in [0.15, 0.2) is 80.8 Å². The Morgan fingerprint density at radius 1 is 0.952 bits per heavy atom. The van der Waals surface area contributed by atoms with Crippen LogP contribution in [-0.4, -0.2) is 11.2 Å². The van der Waals surface area contributed by atoms with Crippen LogP contribution < -0.4 is 0 Å². The molecule has 1 N–H and O–H groups in total. The molecule has 0 aliphatic rings. The topological polar surface area (TPSA) is 20.2 Å². The Labute approximate surface area is 135 Å². The van der Waals surface area contributed by atoms with Crippen LogP contribution in [0.5, 0.6) is 0 Å². The molecule has 2 rings (SSSR count). The third-order valence-electron chi connectivity index (χ3n) is 2.95. The number of hydrogen-bond donors (Lipinski definition) is 1.